The molecule has 0 spiro atoms. The molecule has 2 aromatic rings. The Morgan fingerprint density at radius 2 is 2.29 bits per heavy atom. The van der Waals surface area contributed by atoms with Gasteiger partial charge in [-0.15, -0.1) is 11.3 Å². The van der Waals surface area contributed by atoms with Gasteiger partial charge < -0.3 is 5.11 Å². The van der Waals surface area contributed by atoms with E-state index in [-0.39, 0.29) is 0 Å². The smallest absolute Gasteiger partial charge is 0.126 e. The monoisotopic (exact) mass is 209 g/mol. The Morgan fingerprint density at radius 1 is 1.50 bits per heavy atom. The van der Waals surface area contributed by atoms with Gasteiger partial charge in [0.05, 0.1) is 17.2 Å². The first kappa shape index (κ1) is 9.36. The zero-order valence-corrected chi connectivity index (χ0v) is 8.82. The lowest BCUT2D eigenvalue weighted by atomic mass is 10.4. The number of aryl methyl sites for hydroxylation is 1. The number of aliphatic hydroxyl groups excluding tert-OH is 1. The van der Waals surface area contributed by atoms with E-state index < -0.39 is 6.10 Å². The average Bonchev–Trinajstić information content (AvgIpc) is 2.70. The summed E-state index contributed by atoms with van der Waals surface area (Å²) in [6, 6.07) is 0. The third-order valence-electron chi connectivity index (χ3n) is 1.89. The van der Waals surface area contributed by atoms with Crippen molar-refractivity contribution in [2.24, 2.45) is 7.05 Å². The summed E-state index contributed by atoms with van der Waals surface area (Å²) < 4.78 is 1.73. The molecule has 2 rings (SSSR count). The number of aliphatic hydroxyl groups is 1. The van der Waals surface area contributed by atoms with Gasteiger partial charge in [-0.2, -0.15) is 5.10 Å². The second kappa shape index (κ2) is 3.51. The van der Waals surface area contributed by atoms with Crippen LogP contribution in [0.5, 0.6) is 0 Å². The minimum absolute atomic E-state index is 0.446. The van der Waals surface area contributed by atoms with E-state index in [9.17, 15) is 5.11 Å². The summed E-state index contributed by atoms with van der Waals surface area (Å²) >= 11 is 1.49. The third kappa shape index (κ3) is 1.69. The van der Waals surface area contributed by atoms with Crippen LogP contribution in [0.1, 0.15) is 17.9 Å². The van der Waals surface area contributed by atoms with Gasteiger partial charge in [0.2, 0.25) is 0 Å². The largest absolute Gasteiger partial charge is 0.388 e. The first-order valence-corrected chi connectivity index (χ1v) is 5.11. The Balaban J connectivity index is 2.33. The molecule has 0 aliphatic rings. The van der Waals surface area contributed by atoms with Gasteiger partial charge in [-0.05, 0) is 6.92 Å². The molecule has 0 aromatic carbocycles. The van der Waals surface area contributed by atoms with Gasteiger partial charge in [-0.1, -0.05) is 0 Å². The molecule has 2 heterocycles. The lowest BCUT2D eigenvalue weighted by molar-refractivity contribution is 0.203. The van der Waals surface area contributed by atoms with Crippen molar-refractivity contribution in [3.05, 3.63) is 23.5 Å². The first-order chi connectivity index (χ1) is 6.66. The molecule has 1 unspecified atom stereocenters. The normalized spacial score (nSPS) is 13.1. The number of aromatic nitrogens is 3. The van der Waals surface area contributed by atoms with Gasteiger partial charge in [0.1, 0.15) is 5.01 Å². The fraction of sp³-hybridized carbons (Fsp3) is 0.333. The molecule has 1 atom stereocenters. The minimum Gasteiger partial charge on any atom is -0.388 e. The number of nitrogens with zero attached hydrogens (tertiary/aromatic N) is 3. The van der Waals surface area contributed by atoms with Crippen LogP contribution in [-0.2, 0) is 7.05 Å². The second-order valence-electron chi connectivity index (χ2n) is 3.15. The minimum atomic E-state index is -0.446. The van der Waals surface area contributed by atoms with Crippen LogP contribution in [0.2, 0.25) is 0 Å². The standard InChI is InChI=1S/C9H11N3OS/c1-6(13)8-4-10-9(14-8)7-3-11-12(2)5-7/h3-6,13H,1-2H3. The van der Waals surface area contributed by atoms with Crippen molar-refractivity contribution in [2.75, 3.05) is 0 Å². The van der Waals surface area contributed by atoms with Gasteiger partial charge in [0.25, 0.3) is 0 Å². The maximum Gasteiger partial charge on any atom is 0.126 e. The summed E-state index contributed by atoms with van der Waals surface area (Å²) in [5.41, 5.74) is 0.990. The SMILES string of the molecule is CC(O)c1cnc(-c2cnn(C)c2)s1. The zero-order chi connectivity index (χ0) is 10.1. The summed E-state index contributed by atoms with van der Waals surface area (Å²) in [7, 11) is 1.87. The topological polar surface area (TPSA) is 50.9 Å². The highest BCUT2D eigenvalue weighted by Crippen LogP contribution is 2.27. The maximum absolute atomic E-state index is 9.34. The number of thiazole rings is 1. The van der Waals surface area contributed by atoms with E-state index in [4.69, 9.17) is 0 Å². The van der Waals surface area contributed by atoms with Gasteiger partial charge in [0, 0.05) is 25.0 Å². The Hall–Kier alpha value is -1.20. The Bertz CT molecular complexity index is 433. The Morgan fingerprint density at radius 3 is 2.79 bits per heavy atom. The van der Waals surface area contributed by atoms with Crippen molar-refractivity contribution in [1.29, 1.82) is 0 Å². The summed E-state index contributed by atoms with van der Waals surface area (Å²) in [6.07, 6.45) is 4.94. The second-order valence-corrected chi connectivity index (χ2v) is 4.21. The van der Waals surface area contributed by atoms with Crippen molar-refractivity contribution >= 4 is 11.3 Å². The van der Waals surface area contributed by atoms with Crippen LogP contribution < -0.4 is 0 Å². The molecular formula is C9H11N3OS. The van der Waals surface area contributed by atoms with E-state index >= 15 is 0 Å². The Kier molecular flexibility index (Phi) is 2.35. The lowest BCUT2D eigenvalue weighted by Crippen LogP contribution is -1.83. The molecule has 14 heavy (non-hydrogen) atoms. The van der Waals surface area contributed by atoms with Crippen LogP contribution in [0, 0.1) is 0 Å². The lowest BCUT2D eigenvalue weighted by Gasteiger charge is -1.95. The van der Waals surface area contributed by atoms with Crippen molar-refractivity contribution in [2.45, 2.75) is 13.0 Å². The highest BCUT2D eigenvalue weighted by atomic mass is 32.1. The fourth-order valence-electron chi connectivity index (χ4n) is 1.14. The zero-order valence-electron chi connectivity index (χ0n) is 8.01. The highest BCUT2D eigenvalue weighted by molar-refractivity contribution is 7.15. The van der Waals surface area contributed by atoms with Crippen molar-refractivity contribution < 1.29 is 5.11 Å². The number of rotatable bonds is 2. The molecule has 4 nitrogen and oxygen atoms in total. The van der Waals surface area contributed by atoms with Gasteiger partial charge >= 0.3 is 0 Å². The number of hydrogen-bond donors (Lipinski definition) is 1. The predicted octanol–water partition coefficient (Wildman–Crippen LogP) is 1.60. The Labute approximate surface area is 85.8 Å². The van der Waals surface area contributed by atoms with Crippen LogP contribution in [-0.4, -0.2) is 19.9 Å². The molecule has 0 aliphatic heterocycles. The maximum atomic E-state index is 9.34. The third-order valence-corrected chi connectivity index (χ3v) is 3.10. The van der Waals surface area contributed by atoms with Gasteiger partial charge in [-0.3, -0.25) is 4.68 Å². The van der Waals surface area contributed by atoms with E-state index in [2.05, 4.69) is 10.1 Å². The molecular weight excluding hydrogens is 198 g/mol. The summed E-state index contributed by atoms with van der Waals surface area (Å²) in [5, 5.41) is 14.3. The fourth-order valence-corrected chi connectivity index (χ4v) is 1.97. The van der Waals surface area contributed by atoms with E-state index in [1.807, 2.05) is 13.2 Å². The highest BCUT2D eigenvalue weighted by Gasteiger charge is 2.09. The number of hydrogen-bond acceptors (Lipinski definition) is 4. The summed E-state index contributed by atoms with van der Waals surface area (Å²) in [6.45, 7) is 1.74. The molecule has 0 bridgehead atoms. The van der Waals surface area contributed by atoms with Gasteiger partial charge in [0.15, 0.2) is 0 Å². The van der Waals surface area contributed by atoms with Gasteiger partial charge in [-0.25, -0.2) is 4.98 Å². The molecule has 0 saturated carbocycles. The van der Waals surface area contributed by atoms with E-state index in [0.29, 0.717) is 0 Å². The molecule has 0 fully saturated rings. The molecule has 0 saturated heterocycles. The van der Waals surface area contributed by atoms with E-state index in [1.165, 1.54) is 11.3 Å². The van der Waals surface area contributed by atoms with Crippen molar-refractivity contribution in [3.63, 3.8) is 0 Å². The molecule has 5 heteroatoms. The van der Waals surface area contributed by atoms with Crippen molar-refractivity contribution in [3.8, 4) is 10.6 Å². The van der Waals surface area contributed by atoms with Crippen LogP contribution in [0.3, 0.4) is 0 Å². The average molecular weight is 209 g/mol. The molecule has 1 N–H and O–H groups in total. The quantitative estimate of drug-likeness (QED) is 0.817. The van der Waals surface area contributed by atoms with Crippen LogP contribution in [0.15, 0.2) is 18.6 Å². The van der Waals surface area contributed by atoms with Crippen LogP contribution in [0.4, 0.5) is 0 Å². The van der Waals surface area contributed by atoms with Crippen molar-refractivity contribution in [1.82, 2.24) is 14.8 Å². The van der Waals surface area contributed by atoms with E-state index in [0.717, 1.165) is 15.4 Å². The first-order valence-electron chi connectivity index (χ1n) is 4.29. The van der Waals surface area contributed by atoms with Crippen LogP contribution >= 0.6 is 11.3 Å². The predicted molar refractivity (Wildman–Crippen MR) is 54.9 cm³/mol. The molecule has 2 aromatic heterocycles. The molecule has 0 aliphatic carbocycles. The van der Waals surface area contributed by atoms with Crippen LogP contribution in [0.25, 0.3) is 10.6 Å². The summed E-state index contributed by atoms with van der Waals surface area (Å²) in [4.78, 5) is 5.10. The summed E-state index contributed by atoms with van der Waals surface area (Å²) in [5.74, 6) is 0. The molecule has 0 amide bonds. The molecule has 74 valence electrons. The molecule has 0 radical (unpaired) electrons. The van der Waals surface area contributed by atoms with E-state index in [1.54, 1.807) is 24.0 Å².